The number of carbonyl (C=O) groups excluding carboxylic acids is 2. The molecule has 0 spiro atoms. The number of ether oxygens (including phenoxy) is 1. The van der Waals surface area contributed by atoms with Gasteiger partial charge in [-0.2, -0.15) is 0 Å². The lowest BCUT2D eigenvalue weighted by Crippen LogP contribution is -2.71. The van der Waals surface area contributed by atoms with Crippen LogP contribution in [0.1, 0.15) is 19.4 Å². The number of para-hydroxylation sites is 1. The zero-order chi connectivity index (χ0) is 23.0. The highest BCUT2D eigenvalue weighted by atomic mass is 32.2. The van der Waals surface area contributed by atoms with E-state index in [2.05, 4.69) is 5.32 Å². The number of non-ortho nitro benzene ring substituents is 1. The first-order valence-electron chi connectivity index (χ1n) is 10.1. The normalized spacial score (nSPS) is 25.6. The zero-order valence-electron chi connectivity index (χ0n) is 17.6. The molecule has 2 amide bonds. The van der Waals surface area contributed by atoms with Crippen LogP contribution in [0, 0.1) is 10.1 Å². The number of nitrogens with zero attached hydrogens (tertiary/aromatic N) is 2. The molecule has 9 nitrogen and oxygen atoms in total. The average molecular weight is 458 g/mol. The van der Waals surface area contributed by atoms with Gasteiger partial charge in [-0.15, -0.1) is 0 Å². The zero-order valence-corrected chi connectivity index (χ0v) is 18.4. The third-order valence-electron chi connectivity index (χ3n) is 5.96. The molecule has 2 fully saturated rings. The van der Waals surface area contributed by atoms with Gasteiger partial charge in [-0.05, 0) is 38.0 Å². The molecule has 2 heterocycles. The first kappa shape index (κ1) is 21.9. The van der Waals surface area contributed by atoms with Crippen molar-refractivity contribution in [1.29, 1.82) is 0 Å². The maximum Gasteiger partial charge on any atom is 0.269 e. The predicted molar refractivity (Wildman–Crippen MR) is 117 cm³/mol. The van der Waals surface area contributed by atoms with Gasteiger partial charge in [0.15, 0.2) is 6.61 Å². The molecule has 168 valence electrons. The third-order valence-corrected chi connectivity index (χ3v) is 8.21. The standard InChI is InChI=1S/C22H23N3O6S/c1-22(2)17(12-14-8-10-15(11-9-14)25(28)29)24-20(27)19(21(24)32(22)30)23-18(26)13-31-16-6-4-3-5-7-16/h3-11,17,19,21H,12-13H2,1-2H3,(H,23,26)/t17?,19?,21-,32?/m1/s1. The second kappa shape index (κ2) is 8.34. The quantitative estimate of drug-likeness (QED) is 0.385. The van der Waals surface area contributed by atoms with E-state index in [4.69, 9.17) is 4.74 Å². The second-order valence-corrected chi connectivity index (χ2v) is 10.5. The fourth-order valence-electron chi connectivity index (χ4n) is 4.16. The lowest BCUT2D eigenvalue weighted by atomic mass is 9.90. The molecule has 32 heavy (non-hydrogen) atoms. The Kier molecular flexibility index (Phi) is 5.72. The van der Waals surface area contributed by atoms with Gasteiger partial charge in [-0.3, -0.25) is 23.9 Å². The molecular weight excluding hydrogens is 434 g/mol. The number of benzene rings is 2. The molecule has 1 N–H and O–H groups in total. The number of hydrogen-bond acceptors (Lipinski definition) is 6. The van der Waals surface area contributed by atoms with E-state index in [1.165, 1.54) is 12.1 Å². The molecule has 0 saturated carbocycles. The molecule has 0 bridgehead atoms. The highest BCUT2D eigenvalue weighted by Crippen LogP contribution is 2.44. The molecule has 0 radical (unpaired) electrons. The monoisotopic (exact) mass is 457 g/mol. The Morgan fingerprint density at radius 3 is 2.47 bits per heavy atom. The van der Waals surface area contributed by atoms with E-state index in [1.54, 1.807) is 41.3 Å². The van der Waals surface area contributed by atoms with Gasteiger partial charge in [-0.1, -0.05) is 30.3 Å². The number of rotatable bonds is 7. The Hall–Kier alpha value is -3.27. The summed E-state index contributed by atoms with van der Waals surface area (Å²) in [6.07, 6.45) is 0.413. The average Bonchev–Trinajstić information content (AvgIpc) is 2.95. The van der Waals surface area contributed by atoms with Crippen molar-refractivity contribution in [2.24, 2.45) is 0 Å². The molecule has 0 aliphatic carbocycles. The Labute approximate surface area is 187 Å². The van der Waals surface area contributed by atoms with Crippen LogP contribution in [-0.2, 0) is 26.8 Å². The van der Waals surface area contributed by atoms with Crippen molar-refractivity contribution < 1.29 is 23.5 Å². The molecule has 2 saturated heterocycles. The van der Waals surface area contributed by atoms with Gasteiger partial charge in [-0.25, -0.2) is 0 Å². The first-order chi connectivity index (χ1) is 15.2. The van der Waals surface area contributed by atoms with Crippen molar-refractivity contribution in [2.75, 3.05) is 6.61 Å². The largest absolute Gasteiger partial charge is 0.484 e. The minimum absolute atomic E-state index is 0.0126. The summed E-state index contributed by atoms with van der Waals surface area (Å²) in [6, 6.07) is 13.8. The number of amides is 2. The van der Waals surface area contributed by atoms with E-state index >= 15 is 0 Å². The summed E-state index contributed by atoms with van der Waals surface area (Å²) in [7, 11) is -1.40. The maximum absolute atomic E-state index is 13.2. The maximum atomic E-state index is 13.2. The topological polar surface area (TPSA) is 119 Å². The van der Waals surface area contributed by atoms with Crippen LogP contribution < -0.4 is 10.1 Å². The van der Waals surface area contributed by atoms with Gasteiger partial charge < -0.3 is 15.0 Å². The van der Waals surface area contributed by atoms with Crippen LogP contribution in [0.3, 0.4) is 0 Å². The van der Waals surface area contributed by atoms with E-state index in [0.29, 0.717) is 12.2 Å². The Morgan fingerprint density at radius 2 is 1.84 bits per heavy atom. The van der Waals surface area contributed by atoms with E-state index in [0.717, 1.165) is 5.56 Å². The number of nitro benzene ring substituents is 1. The minimum Gasteiger partial charge on any atom is -0.484 e. The number of nitrogens with one attached hydrogen (secondary N) is 1. The van der Waals surface area contributed by atoms with Gasteiger partial charge >= 0.3 is 0 Å². The van der Waals surface area contributed by atoms with E-state index in [-0.39, 0.29) is 24.2 Å². The Balaban J connectivity index is 1.43. The molecule has 2 aromatic carbocycles. The summed E-state index contributed by atoms with van der Waals surface area (Å²) in [5.41, 5.74) is 0.796. The van der Waals surface area contributed by atoms with Crippen LogP contribution in [-0.4, -0.2) is 54.7 Å². The number of β-lactam (4-membered cyclic amide) rings is 1. The molecule has 2 aliphatic rings. The Bertz CT molecular complexity index is 1070. The van der Waals surface area contributed by atoms with E-state index in [9.17, 15) is 23.9 Å². The number of fused-ring (bicyclic) bond motifs is 1. The number of nitro groups is 1. The molecule has 2 aliphatic heterocycles. The number of hydrogen-bond donors (Lipinski definition) is 1. The van der Waals surface area contributed by atoms with Crippen molar-refractivity contribution in [3.63, 3.8) is 0 Å². The van der Waals surface area contributed by atoms with Crippen LogP contribution in [0.15, 0.2) is 54.6 Å². The van der Waals surface area contributed by atoms with Gasteiger partial charge in [0.25, 0.3) is 11.6 Å². The van der Waals surface area contributed by atoms with Crippen molar-refractivity contribution in [2.45, 2.75) is 42.5 Å². The van der Waals surface area contributed by atoms with Crippen LogP contribution >= 0.6 is 0 Å². The summed E-state index contributed by atoms with van der Waals surface area (Å²) in [4.78, 5) is 37.2. The smallest absolute Gasteiger partial charge is 0.269 e. The summed E-state index contributed by atoms with van der Waals surface area (Å²) in [5, 5.41) is 12.9. The van der Waals surface area contributed by atoms with Crippen molar-refractivity contribution in [1.82, 2.24) is 10.2 Å². The van der Waals surface area contributed by atoms with Crippen LogP contribution in [0.25, 0.3) is 0 Å². The van der Waals surface area contributed by atoms with E-state index < -0.39 is 37.8 Å². The Morgan fingerprint density at radius 1 is 1.19 bits per heavy atom. The first-order valence-corrected chi connectivity index (χ1v) is 11.3. The van der Waals surface area contributed by atoms with E-state index in [1.807, 2.05) is 19.9 Å². The highest BCUT2D eigenvalue weighted by Gasteiger charge is 2.65. The molecule has 2 aromatic rings. The van der Waals surface area contributed by atoms with Crippen LogP contribution in [0.5, 0.6) is 5.75 Å². The SMILES string of the molecule is CC1(C)C(Cc2ccc([N+](=O)[O-])cc2)N2C(=O)C(NC(=O)COc3ccccc3)[C@H]2S1=O. The molecular formula is C22H23N3O6S. The summed E-state index contributed by atoms with van der Waals surface area (Å²) in [6.45, 7) is 3.42. The summed E-state index contributed by atoms with van der Waals surface area (Å²) < 4.78 is 17.9. The lowest BCUT2D eigenvalue weighted by molar-refractivity contribution is -0.384. The molecule has 10 heteroatoms. The third kappa shape index (κ3) is 3.86. The molecule has 3 unspecified atom stereocenters. The summed E-state index contributed by atoms with van der Waals surface area (Å²) >= 11 is 0. The van der Waals surface area contributed by atoms with Gasteiger partial charge in [0.2, 0.25) is 5.91 Å². The summed E-state index contributed by atoms with van der Waals surface area (Å²) in [5.74, 6) is -0.202. The van der Waals surface area contributed by atoms with Crippen LogP contribution in [0.2, 0.25) is 0 Å². The van der Waals surface area contributed by atoms with Crippen LogP contribution in [0.4, 0.5) is 5.69 Å². The predicted octanol–water partition coefficient (Wildman–Crippen LogP) is 1.78. The fraction of sp³-hybridized carbons (Fsp3) is 0.364. The van der Waals surface area contributed by atoms with Gasteiger partial charge in [0.1, 0.15) is 17.2 Å². The van der Waals surface area contributed by atoms with Crippen molar-refractivity contribution in [3.05, 3.63) is 70.3 Å². The second-order valence-electron chi connectivity index (χ2n) is 8.33. The number of carbonyl (C=O) groups is 2. The minimum atomic E-state index is -1.40. The molecule has 0 aromatic heterocycles. The molecule has 4 atom stereocenters. The lowest BCUT2D eigenvalue weighted by Gasteiger charge is -2.44. The fourth-order valence-corrected chi connectivity index (χ4v) is 6.14. The van der Waals surface area contributed by atoms with Crippen molar-refractivity contribution >= 4 is 28.3 Å². The van der Waals surface area contributed by atoms with Gasteiger partial charge in [0, 0.05) is 12.1 Å². The molecule has 4 rings (SSSR count). The van der Waals surface area contributed by atoms with Gasteiger partial charge in [0.05, 0.1) is 26.5 Å². The van der Waals surface area contributed by atoms with Crippen molar-refractivity contribution in [3.8, 4) is 5.75 Å². The highest BCUT2D eigenvalue weighted by molar-refractivity contribution is 7.87.